The fraction of sp³-hybridized carbons (Fsp3) is 0.643. The fourth-order valence-electron chi connectivity index (χ4n) is 3.23. The predicted molar refractivity (Wildman–Crippen MR) is 85.6 cm³/mol. The molecule has 0 aromatic rings. The van der Waals surface area contributed by atoms with Gasteiger partial charge in [-0.15, -0.1) is 0 Å². The summed E-state index contributed by atoms with van der Waals surface area (Å²) in [6.45, 7) is 10.2. The van der Waals surface area contributed by atoms with Gasteiger partial charge in [0.2, 0.25) is 0 Å². The van der Waals surface area contributed by atoms with Gasteiger partial charge in [0.15, 0.2) is 14.1 Å². The van der Waals surface area contributed by atoms with E-state index in [0.29, 0.717) is 0 Å². The average Bonchev–Trinajstić information content (AvgIpc) is 2.95. The van der Waals surface area contributed by atoms with E-state index < -0.39 is 8.24 Å². The Hall–Kier alpha value is -1.43. The van der Waals surface area contributed by atoms with Crippen LogP contribution in [0.3, 0.4) is 0 Å². The monoisotopic (exact) mass is 291 g/mol. The molecule has 0 fully saturated rings. The van der Waals surface area contributed by atoms with Gasteiger partial charge in [-0.2, -0.15) is 0 Å². The summed E-state index contributed by atoms with van der Waals surface area (Å²) in [6, 6.07) is 3.77. The summed E-state index contributed by atoms with van der Waals surface area (Å²) >= 11 is 0. The van der Waals surface area contributed by atoms with E-state index in [0.717, 1.165) is 18.1 Å². The van der Waals surface area contributed by atoms with Gasteiger partial charge in [0.25, 0.3) is 0 Å². The number of aromatic nitrogens is 4. The standard InChI is InChI=1S/C14H25N5Si/c1-6-19(20(7-2,8-3)9-4)14-12-13(16-10-15-12)17-11-18(14)5/h10-11H,6-9H2,1-5H3. The first kappa shape index (κ1) is 15.0. The summed E-state index contributed by atoms with van der Waals surface area (Å²) in [5.74, 6) is 1.94. The molecular weight excluding hydrogens is 266 g/mol. The van der Waals surface area contributed by atoms with Crippen LogP contribution >= 0.6 is 0 Å². The molecule has 0 aromatic carbocycles. The first-order chi connectivity index (χ1) is 9.63. The third-order valence-electron chi connectivity index (χ3n) is 4.60. The van der Waals surface area contributed by atoms with E-state index in [9.17, 15) is 0 Å². The maximum absolute atomic E-state index is 4.45. The van der Waals surface area contributed by atoms with Crippen molar-refractivity contribution in [2.24, 2.45) is 7.05 Å². The highest BCUT2D eigenvalue weighted by atomic mass is 28.3. The zero-order chi connectivity index (χ0) is 14.8. The number of imidazole rings is 1. The SMILES string of the molecule is CCN(c1c2ncnc-2ncn1C)[Si](CC)(CC)CC. The van der Waals surface area contributed by atoms with E-state index in [1.54, 1.807) is 6.33 Å². The Bertz CT molecular complexity index is 526. The summed E-state index contributed by atoms with van der Waals surface area (Å²) in [4.78, 5) is 13.1. The van der Waals surface area contributed by atoms with Crippen LogP contribution < -0.4 is 4.57 Å². The third kappa shape index (κ3) is 2.22. The predicted octanol–water partition coefficient (Wildman–Crippen LogP) is 3.15. The topological polar surface area (TPSA) is 46.8 Å². The van der Waals surface area contributed by atoms with Crippen LogP contribution in [-0.4, -0.2) is 34.3 Å². The van der Waals surface area contributed by atoms with Crippen LogP contribution in [0.25, 0.3) is 11.5 Å². The van der Waals surface area contributed by atoms with E-state index in [1.165, 1.54) is 24.0 Å². The summed E-state index contributed by atoms with van der Waals surface area (Å²) in [5, 5.41) is 0. The minimum absolute atomic E-state index is 0.753. The zero-order valence-corrected chi connectivity index (χ0v) is 14.2. The first-order valence-electron chi connectivity index (χ1n) is 7.53. The fourth-order valence-corrected chi connectivity index (χ4v) is 7.25. The summed E-state index contributed by atoms with van der Waals surface area (Å²) in [6.07, 6.45) is 3.47. The summed E-state index contributed by atoms with van der Waals surface area (Å²) < 4.78 is 4.72. The molecule has 0 unspecified atom stereocenters. The van der Waals surface area contributed by atoms with E-state index in [2.05, 4.69) is 58.8 Å². The normalized spacial score (nSPS) is 12.1. The minimum Gasteiger partial charge on any atom is -0.382 e. The zero-order valence-electron chi connectivity index (χ0n) is 13.2. The average molecular weight is 291 g/mol. The highest BCUT2D eigenvalue weighted by Crippen LogP contribution is 2.35. The molecular formula is C14H25N5Si. The van der Waals surface area contributed by atoms with Crippen LogP contribution in [0.2, 0.25) is 18.1 Å². The van der Waals surface area contributed by atoms with Crippen molar-refractivity contribution >= 4 is 14.1 Å². The number of nitrogens with zero attached hydrogens (tertiary/aromatic N) is 5. The Labute approximate surface area is 122 Å². The Morgan fingerprint density at radius 1 is 1.05 bits per heavy atom. The molecule has 0 N–H and O–H groups in total. The van der Waals surface area contributed by atoms with E-state index >= 15 is 0 Å². The van der Waals surface area contributed by atoms with E-state index in [4.69, 9.17) is 0 Å². The van der Waals surface area contributed by atoms with Gasteiger partial charge in [0.1, 0.15) is 17.8 Å². The van der Waals surface area contributed by atoms with Crippen LogP contribution in [0.5, 0.6) is 0 Å². The van der Waals surface area contributed by atoms with Gasteiger partial charge >= 0.3 is 0 Å². The van der Waals surface area contributed by atoms with Crippen LogP contribution in [0, 0.1) is 0 Å². The Kier molecular flexibility index (Phi) is 4.42. The molecule has 2 heterocycles. The molecule has 0 aliphatic carbocycles. The van der Waals surface area contributed by atoms with Crippen molar-refractivity contribution in [3.05, 3.63) is 12.7 Å². The quantitative estimate of drug-likeness (QED) is 0.767. The van der Waals surface area contributed by atoms with Crippen molar-refractivity contribution in [3.63, 3.8) is 0 Å². The molecule has 0 saturated carbocycles. The first-order valence-corrected chi connectivity index (χ1v) is 10.1. The molecule has 6 heteroatoms. The molecule has 0 bridgehead atoms. The van der Waals surface area contributed by atoms with Crippen molar-refractivity contribution in [2.75, 3.05) is 11.1 Å². The second kappa shape index (κ2) is 5.91. The maximum atomic E-state index is 4.45. The summed E-state index contributed by atoms with van der Waals surface area (Å²) in [7, 11) is 0.562. The highest BCUT2D eigenvalue weighted by Gasteiger charge is 2.37. The van der Waals surface area contributed by atoms with Crippen molar-refractivity contribution < 1.29 is 0 Å². The lowest BCUT2D eigenvalue weighted by atomic mass is 10.4. The largest absolute Gasteiger partial charge is 0.382 e. The number of fused-ring (bicyclic) bond motifs is 1. The van der Waals surface area contributed by atoms with Crippen LogP contribution in [-0.2, 0) is 7.05 Å². The van der Waals surface area contributed by atoms with Crippen molar-refractivity contribution in [2.45, 2.75) is 45.8 Å². The Balaban J connectivity index is 2.60. The van der Waals surface area contributed by atoms with Crippen LogP contribution in [0.15, 0.2) is 12.7 Å². The lowest BCUT2D eigenvalue weighted by Gasteiger charge is -2.43. The number of aryl methyl sites for hydroxylation is 1. The van der Waals surface area contributed by atoms with Crippen molar-refractivity contribution in [3.8, 4) is 11.5 Å². The molecule has 2 rings (SSSR count). The van der Waals surface area contributed by atoms with Gasteiger partial charge < -0.3 is 9.13 Å². The molecule has 0 amide bonds. The lowest BCUT2D eigenvalue weighted by molar-refractivity contribution is 0.819. The number of hydrogen-bond donors (Lipinski definition) is 0. The van der Waals surface area contributed by atoms with Gasteiger partial charge in [0, 0.05) is 13.6 Å². The molecule has 0 saturated heterocycles. The second-order valence-electron chi connectivity index (χ2n) is 5.25. The van der Waals surface area contributed by atoms with Gasteiger partial charge in [0.05, 0.1) is 6.33 Å². The molecule has 0 spiro atoms. The highest BCUT2D eigenvalue weighted by molar-refractivity contribution is 6.83. The molecule has 2 aliphatic rings. The number of anilines is 1. The Morgan fingerprint density at radius 2 is 1.70 bits per heavy atom. The van der Waals surface area contributed by atoms with Gasteiger partial charge in [-0.25, -0.2) is 15.0 Å². The third-order valence-corrected chi connectivity index (χ3v) is 10.2. The minimum atomic E-state index is -1.49. The van der Waals surface area contributed by atoms with Crippen LogP contribution in [0.1, 0.15) is 27.7 Å². The Morgan fingerprint density at radius 3 is 2.25 bits per heavy atom. The van der Waals surface area contributed by atoms with E-state index in [1.807, 2.05) is 6.33 Å². The number of rotatable bonds is 6. The molecule has 110 valence electrons. The van der Waals surface area contributed by atoms with Gasteiger partial charge in [-0.1, -0.05) is 20.8 Å². The molecule has 2 aliphatic heterocycles. The smallest absolute Gasteiger partial charge is 0.184 e. The molecule has 0 atom stereocenters. The molecule has 0 aromatic heterocycles. The molecule has 0 radical (unpaired) electrons. The number of hydrogen-bond acceptors (Lipinski definition) is 4. The van der Waals surface area contributed by atoms with Crippen LogP contribution in [0.4, 0.5) is 5.82 Å². The van der Waals surface area contributed by atoms with E-state index in [-0.39, 0.29) is 0 Å². The van der Waals surface area contributed by atoms with Gasteiger partial charge in [-0.05, 0) is 25.1 Å². The second-order valence-corrected chi connectivity index (χ2v) is 10.4. The van der Waals surface area contributed by atoms with Gasteiger partial charge in [-0.3, -0.25) is 0 Å². The molecule has 20 heavy (non-hydrogen) atoms. The molecule has 5 nitrogen and oxygen atoms in total. The summed E-state index contributed by atoms with van der Waals surface area (Å²) in [5.41, 5.74) is 0.934. The van der Waals surface area contributed by atoms with Crippen molar-refractivity contribution in [1.29, 1.82) is 0 Å². The maximum Gasteiger partial charge on any atom is 0.184 e. The van der Waals surface area contributed by atoms with Crippen molar-refractivity contribution in [1.82, 2.24) is 19.5 Å². The lowest BCUT2D eigenvalue weighted by Crippen LogP contribution is -2.53.